The third-order valence-corrected chi connectivity index (χ3v) is 3.75. The lowest BCUT2D eigenvalue weighted by molar-refractivity contribution is 0.264. The van der Waals surface area contributed by atoms with E-state index >= 15 is 0 Å². The Hall–Kier alpha value is -1.39. The van der Waals surface area contributed by atoms with E-state index < -0.39 is 0 Å². The molecule has 0 aliphatic carbocycles. The van der Waals surface area contributed by atoms with E-state index in [0.29, 0.717) is 6.61 Å². The molecular weight excluding hydrogens is 282 g/mol. The average Bonchev–Trinajstić information content (AvgIpc) is 2.90. The van der Waals surface area contributed by atoms with Gasteiger partial charge in [-0.3, -0.25) is 0 Å². The molecular formula is C17H23NO2S. The smallest absolute Gasteiger partial charge is 0.146 e. The van der Waals surface area contributed by atoms with Crippen molar-refractivity contribution in [2.45, 2.75) is 44.4 Å². The van der Waals surface area contributed by atoms with Gasteiger partial charge >= 0.3 is 0 Å². The Morgan fingerprint density at radius 1 is 1.24 bits per heavy atom. The Labute approximate surface area is 131 Å². The lowest BCUT2D eigenvalue weighted by Crippen LogP contribution is -2.34. The first-order valence-corrected chi connectivity index (χ1v) is 8.27. The van der Waals surface area contributed by atoms with Gasteiger partial charge in [-0.2, -0.15) is 0 Å². The summed E-state index contributed by atoms with van der Waals surface area (Å²) in [6, 6.07) is 10.1. The highest BCUT2D eigenvalue weighted by atomic mass is 32.2. The maximum absolute atomic E-state index is 5.84. The molecule has 1 aromatic carbocycles. The summed E-state index contributed by atoms with van der Waals surface area (Å²) < 4.78 is 11.4. The van der Waals surface area contributed by atoms with Crippen LogP contribution in [0.4, 0.5) is 0 Å². The highest BCUT2D eigenvalue weighted by Gasteiger charge is 2.10. The molecule has 2 rings (SSSR count). The Bertz CT molecular complexity index is 572. The highest BCUT2D eigenvalue weighted by molar-refractivity contribution is 7.98. The fourth-order valence-electron chi connectivity index (χ4n) is 1.85. The van der Waals surface area contributed by atoms with Crippen molar-refractivity contribution in [3.63, 3.8) is 0 Å². The molecule has 0 spiro atoms. The van der Waals surface area contributed by atoms with Gasteiger partial charge in [-0.1, -0.05) is 12.1 Å². The second kappa shape index (κ2) is 7.05. The summed E-state index contributed by atoms with van der Waals surface area (Å²) in [6.45, 7) is 7.70. The minimum atomic E-state index is 0.102. The molecule has 0 aliphatic rings. The molecule has 0 amide bonds. The maximum atomic E-state index is 5.84. The number of thioether (sulfide) groups is 1. The first-order chi connectivity index (χ1) is 9.98. The molecule has 4 heteroatoms. The van der Waals surface area contributed by atoms with Gasteiger partial charge in [0.25, 0.3) is 0 Å². The van der Waals surface area contributed by atoms with Gasteiger partial charge in [-0.05, 0) is 45.2 Å². The molecule has 21 heavy (non-hydrogen) atoms. The summed E-state index contributed by atoms with van der Waals surface area (Å²) in [5.74, 6) is 1.74. The Morgan fingerprint density at radius 2 is 2.00 bits per heavy atom. The fraction of sp³-hybridized carbons (Fsp3) is 0.412. The maximum Gasteiger partial charge on any atom is 0.146 e. The van der Waals surface area contributed by atoms with E-state index in [-0.39, 0.29) is 5.54 Å². The van der Waals surface area contributed by atoms with Crippen molar-refractivity contribution in [2.24, 2.45) is 0 Å². The number of hydrogen-bond donors (Lipinski definition) is 1. The monoisotopic (exact) mass is 305 g/mol. The Kier molecular flexibility index (Phi) is 5.37. The topological polar surface area (TPSA) is 34.4 Å². The number of furan rings is 1. The van der Waals surface area contributed by atoms with Crippen molar-refractivity contribution < 1.29 is 9.15 Å². The van der Waals surface area contributed by atoms with Crippen LogP contribution < -0.4 is 10.1 Å². The van der Waals surface area contributed by atoms with Crippen LogP contribution in [0.1, 0.15) is 32.1 Å². The zero-order valence-electron chi connectivity index (χ0n) is 13.1. The first kappa shape index (κ1) is 16.0. The van der Waals surface area contributed by atoms with Gasteiger partial charge in [0.05, 0.1) is 6.26 Å². The van der Waals surface area contributed by atoms with Crippen molar-refractivity contribution in [2.75, 3.05) is 6.26 Å². The molecule has 0 saturated carbocycles. The van der Waals surface area contributed by atoms with Crippen molar-refractivity contribution >= 4 is 11.8 Å². The molecule has 0 atom stereocenters. The lowest BCUT2D eigenvalue weighted by atomic mass is 10.1. The van der Waals surface area contributed by atoms with Crippen LogP contribution in [-0.2, 0) is 13.2 Å². The van der Waals surface area contributed by atoms with E-state index in [0.717, 1.165) is 28.5 Å². The number of hydrogen-bond acceptors (Lipinski definition) is 4. The minimum absolute atomic E-state index is 0.102. The molecule has 0 bridgehead atoms. The summed E-state index contributed by atoms with van der Waals surface area (Å²) in [5, 5.41) is 3.44. The second-order valence-electron chi connectivity index (χ2n) is 5.96. The van der Waals surface area contributed by atoms with Crippen molar-refractivity contribution in [3.8, 4) is 5.75 Å². The first-order valence-electron chi connectivity index (χ1n) is 7.05. The van der Waals surface area contributed by atoms with Crippen LogP contribution in [0.15, 0.2) is 45.9 Å². The van der Waals surface area contributed by atoms with E-state index in [4.69, 9.17) is 9.15 Å². The Morgan fingerprint density at radius 3 is 2.71 bits per heavy atom. The lowest BCUT2D eigenvalue weighted by Gasteiger charge is -2.19. The molecule has 2 aromatic rings. The molecule has 0 saturated heterocycles. The fourth-order valence-corrected chi connectivity index (χ4v) is 2.39. The van der Waals surface area contributed by atoms with E-state index in [2.05, 4.69) is 32.2 Å². The molecule has 0 unspecified atom stereocenters. The molecule has 3 nitrogen and oxygen atoms in total. The minimum Gasteiger partial charge on any atom is -0.484 e. The predicted molar refractivity (Wildman–Crippen MR) is 87.9 cm³/mol. The molecule has 0 fully saturated rings. The van der Waals surface area contributed by atoms with E-state index in [1.807, 2.05) is 30.5 Å². The van der Waals surface area contributed by atoms with Gasteiger partial charge in [-0.15, -0.1) is 11.8 Å². The van der Waals surface area contributed by atoms with Crippen molar-refractivity contribution in [1.82, 2.24) is 5.32 Å². The van der Waals surface area contributed by atoms with E-state index in [9.17, 15) is 0 Å². The van der Waals surface area contributed by atoms with Crippen molar-refractivity contribution in [1.29, 1.82) is 0 Å². The number of para-hydroxylation sites is 1. The summed E-state index contributed by atoms with van der Waals surface area (Å²) in [7, 11) is 0. The molecule has 0 radical (unpaired) electrons. The van der Waals surface area contributed by atoms with Crippen LogP contribution >= 0.6 is 11.8 Å². The molecule has 1 aromatic heterocycles. The standard InChI is InChI=1S/C17H23NO2S/c1-17(2,3)18-10-13-9-14(19-11-13)12-20-15-7-5-6-8-16(15)21-4/h5-9,11,18H,10,12H2,1-4H3. The summed E-state index contributed by atoms with van der Waals surface area (Å²) in [5.41, 5.74) is 1.24. The van der Waals surface area contributed by atoms with Gasteiger partial charge in [-0.25, -0.2) is 0 Å². The van der Waals surface area contributed by atoms with Gasteiger partial charge in [0.1, 0.15) is 18.1 Å². The third kappa shape index (κ3) is 5.14. The van der Waals surface area contributed by atoms with Gasteiger partial charge in [0.15, 0.2) is 0 Å². The molecule has 1 N–H and O–H groups in total. The molecule has 1 heterocycles. The summed E-state index contributed by atoms with van der Waals surface area (Å²) >= 11 is 1.68. The zero-order chi connectivity index (χ0) is 15.3. The number of benzene rings is 1. The largest absolute Gasteiger partial charge is 0.484 e. The van der Waals surface area contributed by atoms with Crippen LogP contribution in [0.2, 0.25) is 0 Å². The second-order valence-corrected chi connectivity index (χ2v) is 6.81. The van der Waals surface area contributed by atoms with Crippen LogP contribution in [0.5, 0.6) is 5.75 Å². The summed E-state index contributed by atoms with van der Waals surface area (Å²) in [4.78, 5) is 1.14. The normalized spacial score (nSPS) is 11.6. The zero-order valence-corrected chi connectivity index (χ0v) is 13.9. The molecule has 0 aliphatic heterocycles. The van der Waals surface area contributed by atoms with Crippen LogP contribution in [-0.4, -0.2) is 11.8 Å². The highest BCUT2D eigenvalue weighted by Crippen LogP contribution is 2.27. The van der Waals surface area contributed by atoms with Gasteiger partial charge in [0, 0.05) is 22.5 Å². The number of nitrogens with one attached hydrogen (secondary N) is 1. The van der Waals surface area contributed by atoms with E-state index in [1.165, 1.54) is 0 Å². The van der Waals surface area contributed by atoms with Gasteiger partial charge in [0.2, 0.25) is 0 Å². The molecule has 114 valence electrons. The Balaban J connectivity index is 1.91. The SMILES string of the molecule is CSc1ccccc1OCc1cc(CNC(C)(C)C)co1. The quantitative estimate of drug-likeness (QED) is 0.799. The summed E-state index contributed by atoms with van der Waals surface area (Å²) in [6.07, 6.45) is 3.84. The van der Waals surface area contributed by atoms with E-state index in [1.54, 1.807) is 18.0 Å². The van der Waals surface area contributed by atoms with Crippen LogP contribution in [0.25, 0.3) is 0 Å². The number of ether oxygens (including phenoxy) is 1. The van der Waals surface area contributed by atoms with Crippen LogP contribution in [0.3, 0.4) is 0 Å². The average molecular weight is 305 g/mol. The third-order valence-electron chi connectivity index (χ3n) is 2.97. The van der Waals surface area contributed by atoms with Crippen LogP contribution in [0, 0.1) is 0 Å². The predicted octanol–water partition coefficient (Wildman–Crippen LogP) is 4.47. The van der Waals surface area contributed by atoms with Crippen molar-refractivity contribution in [3.05, 3.63) is 47.9 Å². The van der Waals surface area contributed by atoms with Gasteiger partial charge < -0.3 is 14.5 Å². The number of rotatable bonds is 6.